The van der Waals surface area contributed by atoms with Gasteiger partial charge in [-0.15, -0.1) is 0 Å². The van der Waals surface area contributed by atoms with Crippen molar-refractivity contribution in [3.05, 3.63) is 0 Å². The molecule has 2 nitrogen and oxygen atoms in total. The van der Waals surface area contributed by atoms with Gasteiger partial charge in [0.25, 0.3) is 0 Å². The number of hydrogen-bond acceptors (Lipinski definition) is 2. The van der Waals surface area contributed by atoms with E-state index in [0.29, 0.717) is 6.42 Å². The highest BCUT2D eigenvalue weighted by atomic mass is 16.3. The Hall–Kier alpha value is -0.370. The lowest BCUT2D eigenvalue weighted by atomic mass is 10.4. The fraction of sp³-hybridized carbons (Fsp3) is 0.750. The van der Waals surface area contributed by atoms with E-state index in [1.54, 1.807) is 0 Å². The van der Waals surface area contributed by atoms with E-state index in [4.69, 9.17) is 5.11 Å². The molecule has 1 rings (SSSR count). The van der Waals surface area contributed by atoms with Gasteiger partial charge in [-0.05, 0) is 6.92 Å². The van der Waals surface area contributed by atoms with Gasteiger partial charge >= 0.3 is 0 Å². The minimum absolute atomic E-state index is 0.0394. The number of Topliss-reactive ketones (excluding diaryl/α,β-unsaturated/α-hetero) is 1. The molecule has 6 heavy (non-hydrogen) atoms. The molecule has 0 radical (unpaired) electrons. The van der Waals surface area contributed by atoms with Crippen LogP contribution in [-0.2, 0) is 4.79 Å². The van der Waals surface area contributed by atoms with Crippen molar-refractivity contribution in [2.24, 2.45) is 0 Å². The highest BCUT2D eigenvalue weighted by molar-refractivity contribution is 6.03. The van der Waals surface area contributed by atoms with E-state index >= 15 is 0 Å². The van der Waals surface area contributed by atoms with Crippen LogP contribution in [0.3, 0.4) is 0 Å². The van der Waals surface area contributed by atoms with Crippen LogP contribution in [0.2, 0.25) is 0 Å². The van der Waals surface area contributed by atoms with Gasteiger partial charge in [0.15, 0.2) is 5.78 Å². The third kappa shape index (κ3) is 0.337. The lowest BCUT2D eigenvalue weighted by Crippen LogP contribution is -2.00. The van der Waals surface area contributed by atoms with Crippen molar-refractivity contribution in [3.8, 4) is 0 Å². The molecular formula is C4H6O2. The molecule has 0 aromatic heterocycles. The summed E-state index contributed by atoms with van der Waals surface area (Å²) >= 11 is 0. The SMILES string of the molecule is CC1(O)CC1=O. The number of rotatable bonds is 0. The molecule has 1 N–H and O–H groups in total. The minimum atomic E-state index is -0.931. The third-order valence-electron chi connectivity index (χ3n) is 0.980. The summed E-state index contributed by atoms with van der Waals surface area (Å²) in [7, 11) is 0. The molecule has 0 spiro atoms. The molecule has 0 aromatic carbocycles. The Labute approximate surface area is 35.8 Å². The Morgan fingerprint density at radius 2 is 2.17 bits per heavy atom. The molecule has 1 aliphatic rings. The first-order chi connectivity index (χ1) is 2.63. The molecule has 34 valence electrons. The third-order valence-corrected chi connectivity index (χ3v) is 0.980. The average Bonchev–Trinajstić information content (AvgIpc) is 1.73. The Kier molecular flexibility index (Phi) is 0.417. The summed E-state index contributed by atoms with van der Waals surface area (Å²) in [6, 6.07) is 0. The van der Waals surface area contributed by atoms with Crippen molar-refractivity contribution in [2.45, 2.75) is 18.9 Å². The predicted octanol–water partition coefficient (Wildman–Crippen LogP) is -0.290. The van der Waals surface area contributed by atoms with Crippen molar-refractivity contribution < 1.29 is 9.90 Å². The van der Waals surface area contributed by atoms with Crippen LogP contribution in [0, 0.1) is 0 Å². The lowest BCUT2D eigenvalue weighted by molar-refractivity contribution is -0.115. The maximum atomic E-state index is 9.96. The molecule has 0 amide bonds. The Balaban J connectivity index is 2.63. The first-order valence-electron chi connectivity index (χ1n) is 1.88. The van der Waals surface area contributed by atoms with E-state index in [0.717, 1.165) is 0 Å². The van der Waals surface area contributed by atoms with Crippen LogP contribution in [-0.4, -0.2) is 16.5 Å². The van der Waals surface area contributed by atoms with E-state index in [2.05, 4.69) is 0 Å². The zero-order valence-corrected chi connectivity index (χ0v) is 3.56. The maximum absolute atomic E-state index is 9.96. The van der Waals surface area contributed by atoms with Crippen LogP contribution in [0.15, 0.2) is 0 Å². The summed E-state index contributed by atoms with van der Waals surface area (Å²) in [5.41, 5.74) is -0.931. The maximum Gasteiger partial charge on any atom is 0.167 e. The fourth-order valence-electron chi connectivity index (χ4n) is 0.268. The highest BCUT2D eigenvalue weighted by Gasteiger charge is 2.47. The number of ketones is 1. The smallest absolute Gasteiger partial charge is 0.167 e. The quantitative estimate of drug-likeness (QED) is 0.440. The van der Waals surface area contributed by atoms with Gasteiger partial charge in [-0.1, -0.05) is 0 Å². The number of aliphatic hydroxyl groups is 1. The first kappa shape index (κ1) is 3.81. The normalized spacial score (nSPS) is 43.3. The largest absolute Gasteiger partial charge is 0.382 e. The monoisotopic (exact) mass is 86.0 g/mol. The molecule has 2 heteroatoms. The van der Waals surface area contributed by atoms with Gasteiger partial charge in [0.1, 0.15) is 5.60 Å². The molecule has 0 heterocycles. The van der Waals surface area contributed by atoms with Gasteiger partial charge in [-0.2, -0.15) is 0 Å². The molecule has 0 saturated heterocycles. The van der Waals surface area contributed by atoms with E-state index in [-0.39, 0.29) is 5.78 Å². The average molecular weight is 86.1 g/mol. The van der Waals surface area contributed by atoms with Crippen LogP contribution in [0.5, 0.6) is 0 Å². The van der Waals surface area contributed by atoms with Crippen LogP contribution in [0.1, 0.15) is 13.3 Å². The number of hydrogen-bond donors (Lipinski definition) is 1. The molecule has 1 saturated carbocycles. The van der Waals surface area contributed by atoms with Gasteiger partial charge in [-0.3, -0.25) is 4.79 Å². The first-order valence-corrected chi connectivity index (χ1v) is 1.88. The minimum Gasteiger partial charge on any atom is -0.382 e. The van der Waals surface area contributed by atoms with E-state index in [1.807, 2.05) is 0 Å². The molecule has 1 unspecified atom stereocenters. The standard InChI is InChI=1S/C4H6O2/c1-4(6)2-3(4)5/h6H,2H2,1H3. The molecule has 1 aliphatic carbocycles. The topological polar surface area (TPSA) is 37.3 Å². The van der Waals surface area contributed by atoms with Crippen LogP contribution >= 0.6 is 0 Å². The molecular weight excluding hydrogens is 80.0 g/mol. The zero-order valence-electron chi connectivity index (χ0n) is 3.56. The van der Waals surface area contributed by atoms with Crippen LogP contribution < -0.4 is 0 Å². The van der Waals surface area contributed by atoms with Gasteiger partial charge in [0, 0.05) is 6.42 Å². The molecule has 1 fully saturated rings. The Morgan fingerprint density at radius 1 is 2.00 bits per heavy atom. The second-order valence-electron chi connectivity index (χ2n) is 1.87. The summed E-state index contributed by atoms with van der Waals surface area (Å²) in [5.74, 6) is -0.0394. The van der Waals surface area contributed by atoms with Crippen molar-refractivity contribution in [1.29, 1.82) is 0 Å². The second kappa shape index (κ2) is 0.658. The predicted molar refractivity (Wildman–Crippen MR) is 20.2 cm³/mol. The zero-order chi connectivity index (χ0) is 4.78. The summed E-state index contributed by atoms with van der Waals surface area (Å²) < 4.78 is 0. The molecule has 0 aromatic rings. The summed E-state index contributed by atoms with van der Waals surface area (Å²) in [6.45, 7) is 1.52. The van der Waals surface area contributed by atoms with Crippen molar-refractivity contribution >= 4 is 5.78 Å². The number of carbonyl (C=O) groups is 1. The fourth-order valence-corrected chi connectivity index (χ4v) is 0.268. The number of carbonyl (C=O) groups excluding carboxylic acids is 1. The van der Waals surface area contributed by atoms with Crippen LogP contribution in [0.4, 0.5) is 0 Å². The van der Waals surface area contributed by atoms with Gasteiger partial charge in [0.2, 0.25) is 0 Å². The van der Waals surface area contributed by atoms with E-state index in [9.17, 15) is 4.79 Å². The lowest BCUT2D eigenvalue weighted by Gasteiger charge is -1.84. The summed E-state index contributed by atoms with van der Waals surface area (Å²) in [5, 5.41) is 8.55. The Morgan fingerprint density at radius 3 is 2.17 bits per heavy atom. The summed E-state index contributed by atoms with van der Waals surface area (Å²) in [4.78, 5) is 9.96. The Bertz CT molecular complexity index is 93.7. The van der Waals surface area contributed by atoms with Crippen LogP contribution in [0.25, 0.3) is 0 Å². The van der Waals surface area contributed by atoms with Crippen molar-refractivity contribution in [3.63, 3.8) is 0 Å². The molecule has 0 bridgehead atoms. The van der Waals surface area contributed by atoms with Gasteiger partial charge < -0.3 is 5.11 Å². The second-order valence-corrected chi connectivity index (χ2v) is 1.87. The highest BCUT2D eigenvalue weighted by Crippen LogP contribution is 2.28. The van der Waals surface area contributed by atoms with Gasteiger partial charge in [-0.25, -0.2) is 0 Å². The summed E-state index contributed by atoms with van der Waals surface area (Å²) in [6.07, 6.45) is 0.354. The molecule has 0 aliphatic heterocycles. The van der Waals surface area contributed by atoms with Crippen molar-refractivity contribution in [2.75, 3.05) is 0 Å². The van der Waals surface area contributed by atoms with E-state index in [1.165, 1.54) is 6.92 Å². The molecule has 1 atom stereocenters. The van der Waals surface area contributed by atoms with Gasteiger partial charge in [0.05, 0.1) is 0 Å². The van der Waals surface area contributed by atoms with Crippen molar-refractivity contribution in [1.82, 2.24) is 0 Å². The van der Waals surface area contributed by atoms with E-state index < -0.39 is 5.60 Å².